The summed E-state index contributed by atoms with van der Waals surface area (Å²) in [4.78, 5) is 17.4. The first-order valence-electron chi connectivity index (χ1n) is 11.0. The molecule has 0 radical (unpaired) electrons. The van der Waals surface area contributed by atoms with Gasteiger partial charge in [0.1, 0.15) is 36.6 Å². The van der Waals surface area contributed by atoms with Crippen LogP contribution in [0.5, 0.6) is 5.75 Å². The van der Waals surface area contributed by atoms with Crippen molar-refractivity contribution in [1.29, 1.82) is 0 Å². The minimum Gasteiger partial charge on any atom is -0.486 e. The molecule has 3 heterocycles. The summed E-state index contributed by atoms with van der Waals surface area (Å²) in [6.07, 6.45) is 3.22. The fourth-order valence-electron chi connectivity index (χ4n) is 3.50. The van der Waals surface area contributed by atoms with Crippen LogP contribution in [0.2, 0.25) is 5.02 Å². The molecule has 5 rings (SSSR count). The number of nitrogens with zero attached hydrogens (tertiary/aromatic N) is 4. The molecular weight excluding hydrogens is 468 g/mol. The van der Waals surface area contributed by atoms with Crippen LogP contribution < -0.4 is 15.4 Å². The number of nitrogens with one attached hydrogen (secondary N) is 2. The van der Waals surface area contributed by atoms with E-state index < -0.39 is 5.54 Å². The second-order valence-corrected chi connectivity index (χ2v) is 8.73. The quantitative estimate of drug-likeness (QED) is 0.346. The molecule has 35 heavy (non-hydrogen) atoms. The lowest BCUT2D eigenvalue weighted by Gasteiger charge is -2.12. The fraction of sp³-hybridized carbons (Fsp3) is 0.200. The van der Waals surface area contributed by atoms with E-state index in [-0.39, 0.29) is 6.61 Å². The van der Waals surface area contributed by atoms with Crippen LogP contribution in [-0.4, -0.2) is 44.8 Å². The van der Waals surface area contributed by atoms with Gasteiger partial charge in [-0.05, 0) is 55.5 Å². The second-order valence-electron chi connectivity index (χ2n) is 8.32. The van der Waals surface area contributed by atoms with Gasteiger partial charge in [-0.2, -0.15) is 0 Å². The Hall–Kier alpha value is -3.95. The molecule has 0 amide bonds. The number of aliphatic hydroxyl groups is 1. The normalized spacial score (nSPS) is 17.1. The maximum Gasteiger partial charge on any atom is 0.290 e. The average Bonchev–Trinajstić information content (AvgIpc) is 3.25. The van der Waals surface area contributed by atoms with E-state index in [1.54, 1.807) is 18.3 Å². The molecule has 0 fully saturated rings. The third kappa shape index (κ3) is 5.26. The van der Waals surface area contributed by atoms with Crippen LogP contribution in [0.15, 0.2) is 72.1 Å². The zero-order chi connectivity index (χ0) is 24.3. The number of benzene rings is 2. The van der Waals surface area contributed by atoms with Gasteiger partial charge in [-0.25, -0.2) is 15.0 Å². The van der Waals surface area contributed by atoms with Crippen molar-refractivity contribution >= 4 is 45.7 Å². The predicted molar refractivity (Wildman–Crippen MR) is 135 cm³/mol. The van der Waals surface area contributed by atoms with Crippen molar-refractivity contribution in [3.05, 3.63) is 77.8 Å². The molecule has 0 spiro atoms. The third-order valence-electron chi connectivity index (χ3n) is 5.41. The first-order valence-corrected chi connectivity index (χ1v) is 11.3. The Balaban J connectivity index is 1.33. The smallest absolute Gasteiger partial charge is 0.290 e. The Labute approximate surface area is 206 Å². The lowest BCUT2D eigenvalue weighted by Crippen LogP contribution is -2.28. The molecule has 0 saturated carbocycles. The van der Waals surface area contributed by atoms with Crippen molar-refractivity contribution in [2.24, 2.45) is 4.99 Å². The van der Waals surface area contributed by atoms with Crippen LogP contribution in [0.25, 0.3) is 10.9 Å². The van der Waals surface area contributed by atoms with E-state index >= 15 is 0 Å². The molecule has 9 nitrogen and oxygen atoms in total. The first-order chi connectivity index (χ1) is 17.0. The van der Waals surface area contributed by atoms with Crippen LogP contribution in [0, 0.1) is 0 Å². The number of halogens is 1. The highest BCUT2D eigenvalue weighted by atomic mass is 35.5. The standard InChI is InChI=1S/C25H23ClN6O3/c1-25(13-33)14-35-24(32-25)31-16-5-7-21-19(10-16)23(29-15-28-21)30-17-6-8-22(20(26)11-17)34-12-18-4-2-3-9-27-18/h2-11,15,33H,12-14H2,1H3,(H,31,32)(H,28,29,30). The Morgan fingerprint density at radius 2 is 1.91 bits per heavy atom. The summed E-state index contributed by atoms with van der Waals surface area (Å²) in [5.41, 5.74) is 2.46. The molecule has 2 aromatic carbocycles. The van der Waals surface area contributed by atoms with Crippen molar-refractivity contribution < 1.29 is 14.6 Å². The maximum atomic E-state index is 9.49. The van der Waals surface area contributed by atoms with Crippen LogP contribution in [0.4, 0.5) is 17.2 Å². The monoisotopic (exact) mass is 490 g/mol. The molecule has 1 unspecified atom stereocenters. The molecule has 178 valence electrons. The van der Waals surface area contributed by atoms with Gasteiger partial charge in [0.05, 0.1) is 22.8 Å². The number of aromatic nitrogens is 3. The van der Waals surface area contributed by atoms with Gasteiger partial charge in [0.25, 0.3) is 6.02 Å². The van der Waals surface area contributed by atoms with E-state index in [1.807, 2.05) is 49.4 Å². The number of anilines is 3. The SMILES string of the molecule is CC1(CO)COC(Nc2ccc3ncnc(Nc4ccc(OCc5ccccn5)c(Cl)c4)c3c2)=N1. The van der Waals surface area contributed by atoms with E-state index in [0.29, 0.717) is 35.8 Å². The van der Waals surface area contributed by atoms with Gasteiger partial charge >= 0.3 is 0 Å². The zero-order valence-corrected chi connectivity index (χ0v) is 19.7. The number of hydrogen-bond donors (Lipinski definition) is 3. The number of fused-ring (bicyclic) bond motifs is 1. The molecule has 1 aliphatic rings. The molecule has 0 saturated heterocycles. The topological polar surface area (TPSA) is 114 Å². The van der Waals surface area contributed by atoms with Crippen molar-refractivity contribution in [2.75, 3.05) is 23.8 Å². The summed E-state index contributed by atoms with van der Waals surface area (Å²) >= 11 is 6.46. The van der Waals surface area contributed by atoms with Gasteiger partial charge in [0.15, 0.2) is 0 Å². The van der Waals surface area contributed by atoms with Crippen molar-refractivity contribution in [1.82, 2.24) is 15.0 Å². The summed E-state index contributed by atoms with van der Waals surface area (Å²) in [6.45, 7) is 2.38. The van der Waals surface area contributed by atoms with Crippen molar-refractivity contribution in [3.8, 4) is 5.75 Å². The molecule has 4 aromatic rings. The number of hydrogen-bond acceptors (Lipinski definition) is 9. The first kappa shape index (κ1) is 22.8. The van der Waals surface area contributed by atoms with E-state index in [4.69, 9.17) is 21.1 Å². The zero-order valence-electron chi connectivity index (χ0n) is 18.9. The second kappa shape index (κ2) is 9.73. The van der Waals surface area contributed by atoms with Crippen molar-refractivity contribution in [2.45, 2.75) is 19.1 Å². The minimum absolute atomic E-state index is 0.0899. The number of aliphatic hydroxyl groups excluding tert-OH is 1. The summed E-state index contributed by atoms with van der Waals surface area (Å²) in [5.74, 6) is 1.18. The van der Waals surface area contributed by atoms with Crippen LogP contribution >= 0.6 is 11.6 Å². The van der Waals surface area contributed by atoms with Crippen molar-refractivity contribution in [3.63, 3.8) is 0 Å². The Morgan fingerprint density at radius 1 is 1.06 bits per heavy atom. The maximum absolute atomic E-state index is 9.49. The lowest BCUT2D eigenvalue weighted by molar-refractivity contribution is 0.170. The highest BCUT2D eigenvalue weighted by Crippen LogP contribution is 2.31. The van der Waals surface area contributed by atoms with Crippen LogP contribution in [0.1, 0.15) is 12.6 Å². The number of ether oxygens (including phenoxy) is 2. The predicted octanol–water partition coefficient (Wildman–Crippen LogP) is 4.55. The molecule has 2 aromatic heterocycles. The van der Waals surface area contributed by atoms with Gasteiger partial charge in [-0.3, -0.25) is 4.98 Å². The van der Waals surface area contributed by atoms with E-state index in [0.717, 1.165) is 28.0 Å². The number of rotatable bonds is 7. The molecule has 1 aliphatic heterocycles. The van der Waals surface area contributed by atoms with E-state index in [1.165, 1.54) is 6.33 Å². The van der Waals surface area contributed by atoms with Crippen LogP contribution in [0.3, 0.4) is 0 Å². The minimum atomic E-state index is -0.637. The summed E-state index contributed by atoms with van der Waals surface area (Å²) < 4.78 is 11.4. The number of pyridine rings is 1. The summed E-state index contributed by atoms with van der Waals surface area (Å²) in [6, 6.07) is 17.1. The number of amidine groups is 1. The van der Waals surface area contributed by atoms with Gasteiger partial charge < -0.3 is 25.2 Å². The number of aliphatic imine (C=N–C) groups is 1. The molecule has 10 heteroatoms. The Kier molecular flexibility index (Phi) is 6.35. The highest BCUT2D eigenvalue weighted by molar-refractivity contribution is 6.32. The average molecular weight is 491 g/mol. The molecule has 3 N–H and O–H groups in total. The Morgan fingerprint density at radius 3 is 2.69 bits per heavy atom. The third-order valence-corrected chi connectivity index (χ3v) is 5.71. The molecule has 1 atom stereocenters. The van der Waals surface area contributed by atoms with Gasteiger partial charge in [-0.1, -0.05) is 17.7 Å². The molecule has 0 bridgehead atoms. The molecule has 0 aliphatic carbocycles. The molecular formula is C25H23ClN6O3. The summed E-state index contributed by atoms with van der Waals surface area (Å²) in [7, 11) is 0. The largest absolute Gasteiger partial charge is 0.486 e. The Bertz CT molecular complexity index is 1380. The summed E-state index contributed by atoms with van der Waals surface area (Å²) in [5, 5.41) is 17.2. The van der Waals surface area contributed by atoms with E-state index in [9.17, 15) is 5.11 Å². The lowest BCUT2D eigenvalue weighted by atomic mass is 10.1. The van der Waals surface area contributed by atoms with Crippen LogP contribution in [-0.2, 0) is 11.3 Å². The van der Waals surface area contributed by atoms with Gasteiger partial charge in [0.2, 0.25) is 0 Å². The van der Waals surface area contributed by atoms with Gasteiger partial charge in [-0.15, -0.1) is 0 Å². The van der Waals surface area contributed by atoms with E-state index in [2.05, 4.69) is 30.6 Å². The van der Waals surface area contributed by atoms with Gasteiger partial charge in [0, 0.05) is 23.0 Å². The fourth-order valence-corrected chi connectivity index (χ4v) is 3.74. The highest BCUT2D eigenvalue weighted by Gasteiger charge is 2.31.